The van der Waals surface area contributed by atoms with Gasteiger partial charge < -0.3 is 5.73 Å². The van der Waals surface area contributed by atoms with Gasteiger partial charge in [-0.1, -0.05) is 24.3 Å². The molecule has 0 unspecified atom stereocenters. The Morgan fingerprint density at radius 2 is 2.09 bits per heavy atom. The maximum atomic E-state index is 5.89. The molecule has 0 aromatic heterocycles. The fourth-order valence-electron chi connectivity index (χ4n) is 2.40. The standard InChI is InChI=1S/C10H11N/c11-10-8-5-6-3-1-2-4-7(6)9(8)10/h1-4,8-10H,5,11H2/t8-,9+,10-/m0/s1. The molecule has 1 aromatic carbocycles. The zero-order chi connectivity index (χ0) is 7.42. The Kier molecular flexibility index (Phi) is 0.878. The summed E-state index contributed by atoms with van der Waals surface area (Å²) in [4.78, 5) is 0. The molecule has 0 aliphatic heterocycles. The average molecular weight is 145 g/mol. The largest absolute Gasteiger partial charge is 0.327 e. The Bertz CT molecular complexity index is 305. The third kappa shape index (κ3) is 0.596. The molecule has 0 heterocycles. The van der Waals surface area contributed by atoms with Crippen LogP contribution >= 0.6 is 0 Å². The number of rotatable bonds is 0. The van der Waals surface area contributed by atoms with Gasteiger partial charge in [0.2, 0.25) is 0 Å². The molecule has 3 rings (SSSR count). The van der Waals surface area contributed by atoms with Crippen LogP contribution in [0, 0.1) is 5.92 Å². The van der Waals surface area contributed by atoms with Crippen molar-refractivity contribution < 1.29 is 0 Å². The summed E-state index contributed by atoms with van der Waals surface area (Å²) in [6.45, 7) is 0. The Labute approximate surface area is 66.2 Å². The third-order valence-corrected chi connectivity index (χ3v) is 3.10. The quantitative estimate of drug-likeness (QED) is 0.584. The van der Waals surface area contributed by atoms with Crippen LogP contribution in [-0.4, -0.2) is 6.04 Å². The lowest BCUT2D eigenvalue weighted by Crippen LogP contribution is -2.08. The van der Waals surface area contributed by atoms with Crippen molar-refractivity contribution >= 4 is 0 Å². The molecule has 1 heteroatoms. The van der Waals surface area contributed by atoms with E-state index in [1.807, 2.05) is 0 Å². The Balaban J connectivity index is 2.13. The molecule has 2 aliphatic carbocycles. The minimum absolute atomic E-state index is 0.477. The molecule has 11 heavy (non-hydrogen) atoms. The molecule has 1 saturated carbocycles. The van der Waals surface area contributed by atoms with Crippen molar-refractivity contribution in [2.75, 3.05) is 0 Å². The summed E-state index contributed by atoms with van der Waals surface area (Å²) >= 11 is 0. The topological polar surface area (TPSA) is 26.0 Å². The molecule has 3 atom stereocenters. The summed E-state index contributed by atoms with van der Waals surface area (Å²) in [5, 5.41) is 0. The predicted molar refractivity (Wildman–Crippen MR) is 44.4 cm³/mol. The van der Waals surface area contributed by atoms with Crippen LogP contribution in [-0.2, 0) is 6.42 Å². The molecule has 0 spiro atoms. The first-order valence-electron chi connectivity index (χ1n) is 4.21. The van der Waals surface area contributed by atoms with Gasteiger partial charge >= 0.3 is 0 Å². The lowest BCUT2D eigenvalue weighted by atomic mass is 10.1. The van der Waals surface area contributed by atoms with Crippen LogP contribution in [0.5, 0.6) is 0 Å². The van der Waals surface area contributed by atoms with E-state index < -0.39 is 0 Å². The lowest BCUT2D eigenvalue weighted by Gasteiger charge is -2.02. The van der Waals surface area contributed by atoms with Gasteiger partial charge in [-0.25, -0.2) is 0 Å². The second-order valence-electron chi connectivity index (χ2n) is 3.67. The first-order chi connectivity index (χ1) is 5.38. The van der Waals surface area contributed by atoms with Crippen molar-refractivity contribution in [2.24, 2.45) is 11.7 Å². The van der Waals surface area contributed by atoms with E-state index >= 15 is 0 Å². The monoisotopic (exact) mass is 145 g/mol. The highest BCUT2D eigenvalue weighted by atomic mass is 14.8. The zero-order valence-electron chi connectivity index (χ0n) is 6.33. The summed E-state index contributed by atoms with van der Waals surface area (Å²) in [5.74, 6) is 1.50. The summed E-state index contributed by atoms with van der Waals surface area (Å²) in [6.07, 6.45) is 1.22. The van der Waals surface area contributed by atoms with Gasteiger partial charge in [-0.05, 0) is 23.5 Å². The highest BCUT2D eigenvalue weighted by Crippen LogP contribution is 2.54. The molecule has 1 fully saturated rings. The van der Waals surface area contributed by atoms with Gasteiger partial charge in [-0.15, -0.1) is 0 Å². The first kappa shape index (κ1) is 5.78. The molecule has 56 valence electrons. The number of fused-ring (bicyclic) bond motifs is 3. The minimum atomic E-state index is 0.477. The SMILES string of the molecule is N[C@H]1[C@H]2Cc3ccccc3[C@@H]12. The molecule has 0 amide bonds. The molecular formula is C10H11N. The normalized spacial score (nSPS) is 38.1. The van der Waals surface area contributed by atoms with E-state index in [2.05, 4.69) is 24.3 Å². The Hall–Kier alpha value is -0.820. The third-order valence-electron chi connectivity index (χ3n) is 3.10. The van der Waals surface area contributed by atoms with Crippen molar-refractivity contribution in [1.29, 1.82) is 0 Å². The van der Waals surface area contributed by atoms with Crippen LogP contribution < -0.4 is 5.73 Å². The number of benzene rings is 1. The molecule has 0 saturated heterocycles. The molecule has 0 radical (unpaired) electrons. The molecule has 2 aliphatic rings. The van der Waals surface area contributed by atoms with E-state index in [0.29, 0.717) is 12.0 Å². The maximum Gasteiger partial charge on any atom is 0.0149 e. The Morgan fingerprint density at radius 1 is 1.27 bits per heavy atom. The van der Waals surface area contributed by atoms with E-state index in [-0.39, 0.29) is 0 Å². The van der Waals surface area contributed by atoms with Crippen LogP contribution in [0.15, 0.2) is 24.3 Å². The molecule has 1 aromatic rings. The lowest BCUT2D eigenvalue weighted by molar-refractivity contribution is 0.801. The van der Waals surface area contributed by atoms with Crippen LogP contribution in [0.3, 0.4) is 0 Å². The van der Waals surface area contributed by atoms with Gasteiger partial charge in [-0.2, -0.15) is 0 Å². The van der Waals surface area contributed by atoms with Gasteiger partial charge in [0.15, 0.2) is 0 Å². The first-order valence-corrected chi connectivity index (χ1v) is 4.21. The van der Waals surface area contributed by atoms with Crippen molar-refractivity contribution in [2.45, 2.75) is 18.4 Å². The van der Waals surface area contributed by atoms with E-state index in [9.17, 15) is 0 Å². The Morgan fingerprint density at radius 3 is 3.00 bits per heavy atom. The molecule has 0 bridgehead atoms. The van der Waals surface area contributed by atoms with Crippen molar-refractivity contribution in [3.05, 3.63) is 35.4 Å². The van der Waals surface area contributed by atoms with Gasteiger partial charge in [0.05, 0.1) is 0 Å². The van der Waals surface area contributed by atoms with E-state index in [1.54, 1.807) is 0 Å². The summed E-state index contributed by atoms with van der Waals surface area (Å²) in [6, 6.07) is 9.17. The summed E-state index contributed by atoms with van der Waals surface area (Å²) < 4.78 is 0. The smallest absolute Gasteiger partial charge is 0.0149 e. The maximum absolute atomic E-state index is 5.89. The van der Waals surface area contributed by atoms with Gasteiger partial charge in [0.1, 0.15) is 0 Å². The summed E-state index contributed by atoms with van der Waals surface area (Å²) in [5.41, 5.74) is 8.94. The highest BCUT2D eigenvalue weighted by Gasteiger charge is 2.53. The minimum Gasteiger partial charge on any atom is -0.327 e. The van der Waals surface area contributed by atoms with Crippen molar-refractivity contribution in [3.63, 3.8) is 0 Å². The van der Waals surface area contributed by atoms with Crippen LogP contribution in [0.2, 0.25) is 0 Å². The van der Waals surface area contributed by atoms with Crippen molar-refractivity contribution in [1.82, 2.24) is 0 Å². The molecule has 2 N–H and O–H groups in total. The number of hydrogen-bond acceptors (Lipinski definition) is 1. The van der Waals surface area contributed by atoms with Crippen LogP contribution in [0.25, 0.3) is 0 Å². The molecule has 1 nitrogen and oxygen atoms in total. The van der Waals surface area contributed by atoms with E-state index in [4.69, 9.17) is 5.73 Å². The summed E-state index contributed by atoms with van der Waals surface area (Å²) in [7, 11) is 0. The predicted octanol–water partition coefficient (Wildman–Crippen LogP) is 1.28. The second-order valence-corrected chi connectivity index (χ2v) is 3.67. The highest BCUT2D eigenvalue weighted by molar-refractivity contribution is 5.44. The van der Waals surface area contributed by atoms with Gasteiger partial charge in [-0.3, -0.25) is 0 Å². The van der Waals surface area contributed by atoms with E-state index in [0.717, 1.165) is 5.92 Å². The van der Waals surface area contributed by atoms with Crippen LogP contribution in [0.4, 0.5) is 0 Å². The van der Waals surface area contributed by atoms with Crippen LogP contribution in [0.1, 0.15) is 17.0 Å². The second kappa shape index (κ2) is 1.67. The molecular weight excluding hydrogens is 134 g/mol. The van der Waals surface area contributed by atoms with Crippen molar-refractivity contribution in [3.8, 4) is 0 Å². The number of hydrogen-bond donors (Lipinski definition) is 1. The van der Waals surface area contributed by atoms with Gasteiger partial charge in [0.25, 0.3) is 0 Å². The number of nitrogens with two attached hydrogens (primary N) is 1. The van der Waals surface area contributed by atoms with E-state index in [1.165, 1.54) is 17.5 Å². The van der Waals surface area contributed by atoms with Gasteiger partial charge in [0, 0.05) is 12.0 Å². The zero-order valence-corrected chi connectivity index (χ0v) is 6.33. The average Bonchev–Trinajstić information content (AvgIpc) is 2.55. The fraction of sp³-hybridized carbons (Fsp3) is 0.400. The fourth-order valence-corrected chi connectivity index (χ4v) is 2.40.